The molecule has 2 N–H and O–H groups in total. The number of hydrogen-bond acceptors (Lipinski definition) is 2. The number of rotatable bonds is 4. The van der Waals surface area contributed by atoms with E-state index in [1.165, 1.54) is 11.1 Å². The van der Waals surface area contributed by atoms with Gasteiger partial charge >= 0.3 is 0 Å². The van der Waals surface area contributed by atoms with Crippen molar-refractivity contribution in [2.24, 2.45) is 11.7 Å². The average Bonchev–Trinajstić information content (AvgIpc) is 2.73. The van der Waals surface area contributed by atoms with Crippen LogP contribution in [0.2, 0.25) is 0 Å². The van der Waals surface area contributed by atoms with E-state index in [0.29, 0.717) is 5.92 Å². The van der Waals surface area contributed by atoms with E-state index in [1.807, 2.05) is 0 Å². The monoisotopic (exact) mass is 205 g/mol. The van der Waals surface area contributed by atoms with Crippen molar-refractivity contribution in [1.29, 1.82) is 0 Å². The summed E-state index contributed by atoms with van der Waals surface area (Å²) in [6.45, 7) is 3.82. The first-order valence-electron chi connectivity index (χ1n) is 5.78. The Kier molecular flexibility index (Phi) is 3.27. The first-order valence-corrected chi connectivity index (χ1v) is 5.78. The van der Waals surface area contributed by atoms with Gasteiger partial charge in [0, 0.05) is 6.42 Å². The van der Waals surface area contributed by atoms with Gasteiger partial charge in [-0.15, -0.1) is 0 Å². The van der Waals surface area contributed by atoms with Crippen molar-refractivity contribution in [3.63, 3.8) is 0 Å². The van der Waals surface area contributed by atoms with Gasteiger partial charge in [-0.2, -0.15) is 0 Å². The normalized spacial score (nSPS) is 15.9. The standard InChI is InChI=1S/C13H19NO/c1-2-10(9-14)7-11-3-4-13-12(8-11)5-6-15-13/h3-4,8,10H,2,5-7,9,14H2,1H3. The highest BCUT2D eigenvalue weighted by molar-refractivity contribution is 5.39. The molecule has 1 aliphatic heterocycles. The van der Waals surface area contributed by atoms with Crippen molar-refractivity contribution in [2.75, 3.05) is 13.2 Å². The van der Waals surface area contributed by atoms with Gasteiger partial charge < -0.3 is 10.5 Å². The lowest BCUT2D eigenvalue weighted by Gasteiger charge is -2.12. The molecule has 2 heteroatoms. The van der Waals surface area contributed by atoms with E-state index >= 15 is 0 Å². The van der Waals surface area contributed by atoms with Crippen LogP contribution < -0.4 is 10.5 Å². The quantitative estimate of drug-likeness (QED) is 0.817. The Labute approximate surface area is 91.4 Å². The summed E-state index contributed by atoms with van der Waals surface area (Å²) >= 11 is 0. The molecular formula is C13H19NO. The maximum absolute atomic E-state index is 5.72. The van der Waals surface area contributed by atoms with Crippen molar-refractivity contribution in [1.82, 2.24) is 0 Å². The van der Waals surface area contributed by atoms with Crippen LogP contribution in [0.25, 0.3) is 0 Å². The summed E-state index contributed by atoms with van der Waals surface area (Å²) in [6.07, 6.45) is 3.31. The second kappa shape index (κ2) is 4.67. The highest BCUT2D eigenvalue weighted by Crippen LogP contribution is 2.26. The highest BCUT2D eigenvalue weighted by atomic mass is 16.5. The third-order valence-corrected chi connectivity index (χ3v) is 3.19. The molecule has 82 valence electrons. The number of ether oxygens (including phenoxy) is 1. The fourth-order valence-electron chi connectivity index (χ4n) is 2.09. The molecule has 0 aliphatic carbocycles. The van der Waals surface area contributed by atoms with Gasteiger partial charge in [0.05, 0.1) is 6.61 Å². The third kappa shape index (κ3) is 2.32. The molecule has 2 rings (SSSR count). The molecule has 1 aliphatic rings. The summed E-state index contributed by atoms with van der Waals surface area (Å²) in [4.78, 5) is 0. The molecular weight excluding hydrogens is 186 g/mol. The van der Waals surface area contributed by atoms with Crippen LogP contribution in [0.5, 0.6) is 5.75 Å². The molecule has 2 nitrogen and oxygen atoms in total. The molecule has 0 radical (unpaired) electrons. The minimum atomic E-state index is 0.616. The predicted octanol–water partition coefficient (Wildman–Crippen LogP) is 2.15. The van der Waals surface area contributed by atoms with Crippen molar-refractivity contribution >= 4 is 0 Å². The largest absolute Gasteiger partial charge is 0.493 e. The molecule has 0 spiro atoms. The van der Waals surface area contributed by atoms with Gasteiger partial charge in [-0.25, -0.2) is 0 Å². The lowest BCUT2D eigenvalue weighted by atomic mass is 9.95. The molecule has 0 fully saturated rings. The smallest absolute Gasteiger partial charge is 0.122 e. The molecule has 0 aromatic heterocycles. The summed E-state index contributed by atoms with van der Waals surface area (Å²) in [5.74, 6) is 1.69. The van der Waals surface area contributed by atoms with Gasteiger partial charge in [0.2, 0.25) is 0 Å². The zero-order chi connectivity index (χ0) is 10.7. The molecule has 0 amide bonds. The fraction of sp³-hybridized carbons (Fsp3) is 0.538. The van der Waals surface area contributed by atoms with E-state index < -0.39 is 0 Å². The molecule has 0 saturated heterocycles. The Hall–Kier alpha value is -1.02. The van der Waals surface area contributed by atoms with Crippen molar-refractivity contribution in [3.05, 3.63) is 29.3 Å². The average molecular weight is 205 g/mol. The number of benzene rings is 1. The first-order chi connectivity index (χ1) is 7.33. The highest BCUT2D eigenvalue weighted by Gasteiger charge is 2.13. The Morgan fingerprint density at radius 1 is 1.47 bits per heavy atom. The maximum atomic E-state index is 5.72. The lowest BCUT2D eigenvalue weighted by Crippen LogP contribution is -2.15. The fourth-order valence-corrected chi connectivity index (χ4v) is 2.09. The SMILES string of the molecule is CCC(CN)Cc1ccc2c(c1)CCO2. The maximum Gasteiger partial charge on any atom is 0.122 e. The van der Waals surface area contributed by atoms with Crippen LogP contribution in [-0.4, -0.2) is 13.2 Å². The first kappa shape index (κ1) is 10.5. The van der Waals surface area contributed by atoms with Crippen LogP contribution in [0.3, 0.4) is 0 Å². The van der Waals surface area contributed by atoms with Crippen LogP contribution in [-0.2, 0) is 12.8 Å². The van der Waals surface area contributed by atoms with Crippen LogP contribution in [0.15, 0.2) is 18.2 Å². The van der Waals surface area contributed by atoms with Gasteiger partial charge in [-0.3, -0.25) is 0 Å². The number of hydrogen-bond donors (Lipinski definition) is 1. The summed E-state index contributed by atoms with van der Waals surface area (Å²) in [5.41, 5.74) is 8.48. The molecule has 15 heavy (non-hydrogen) atoms. The molecule has 1 unspecified atom stereocenters. The Morgan fingerprint density at radius 3 is 3.07 bits per heavy atom. The van der Waals surface area contributed by atoms with Gasteiger partial charge in [-0.1, -0.05) is 25.5 Å². The summed E-state index contributed by atoms with van der Waals surface area (Å²) in [5, 5.41) is 0. The Morgan fingerprint density at radius 2 is 2.33 bits per heavy atom. The second-order valence-electron chi connectivity index (χ2n) is 4.25. The predicted molar refractivity (Wildman–Crippen MR) is 62.2 cm³/mol. The van der Waals surface area contributed by atoms with E-state index in [1.54, 1.807) is 0 Å². The lowest BCUT2D eigenvalue weighted by molar-refractivity contribution is 0.357. The second-order valence-corrected chi connectivity index (χ2v) is 4.25. The van der Waals surface area contributed by atoms with E-state index in [2.05, 4.69) is 25.1 Å². The molecule has 1 atom stereocenters. The number of fused-ring (bicyclic) bond motifs is 1. The third-order valence-electron chi connectivity index (χ3n) is 3.19. The van der Waals surface area contributed by atoms with Crippen molar-refractivity contribution in [3.8, 4) is 5.75 Å². The van der Waals surface area contributed by atoms with Gasteiger partial charge in [0.25, 0.3) is 0 Å². The van der Waals surface area contributed by atoms with Crippen molar-refractivity contribution in [2.45, 2.75) is 26.2 Å². The zero-order valence-corrected chi connectivity index (χ0v) is 9.33. The van der Waals surface area contributed by atoms with Crippen LogP contribution >= 0.6 is 0 Å². The van der Waals surface area contributed by atoms with E-state index in [0.717, 1.165) is 38.2 Å². The van der Waals surface area contributed by atoms with Crippen LogP contribution in [0.4, 0.5) is 0 Å². The Balaban J connectivity index is 2.09. The molecule has 1 aromatic carbocycles. The summed E-state index contributed by atoms with van der Waals surface area (Å²) in [6, 6.07) is 6.55. The minimum Gasteiger partial charge on any atom is -0.493 e. The van der Waals surface area contributed by atoms with Gasteiger partial charge in [0.1, 0.15) is 5.75 Å². The molecule has 1 aromatic rings. The topological polar surface area (TPSA) is 35.2 Å². The zero-order valence-electron chi connectivity index (χ0n) is 9.33. The van der Waals surface area contributed by atoms with E-state index in [-0.39, 0.29) is 0 Å². The molecule has 0 bridgehead atoms. The van der Waals surface area contributed by atoms with Crippen LogP contribution in [0, 0.1) is 5.92 Å². The molecule has 0 saturated carbocycles. The Bertz CT molecular complexity index is 331. The van der Waals surface area contributed by atoms with Crippen molar-refractivity contribution < 1.29 is 4.74 Å². The number of nitrogens with two attached hydrogens (primary N) is 1. The minimum absolute atomic E-state index is 0.616. The summed E-state index contributed by atoms with van der Waals surface area (Å²) in [7, 11) is 0. The summed E-state index contributed by atoms with van der Waals surface area (Å²) < 4.78 is 5.49. The van der Waals surface area contributed by atoms with E-state index in [4.69, 9.17) is 10.5 Å². The van der Waals surface area contributed by atoms with Crippen LogP contribution in [0.1, 0.15) is 24.5 Å². The van der Waals surface area contributed by atoms with E-state index in [9.17, 15) is 0 Å². The molecule has 1 heterocycles. The van der Waals surface area contributed by atoms with Gasteiger partial charge in [0.15, 0.2) is 0 Å². The van der Waals surface area contributed by atoms with Gasteiger partial charge in [-0.05, 0) is 36.1 Å².